The number of esters is 1. The van der Waals surface area contributed by atoms with Crippen molar-refractivity contribution in [3.8, 4) is 0 Å². The second-order valence-corrected chi connectivity index (χ2v) is 6.63. The number of halogens is 3. The van der Waals surface area contributed by atoms with Gasteiger partial charge in [-0.25, -0.2) is 9.78 Å². The lowest BCUT2D eigenvalue weighted by atomic mass is 9.93. The van der Waals surface area contributed by atoms with Crippen LogP contribution >= 0.6 is 0 Å². The van der Waals surface area contributed by atoms with E-state index < -0.39 is 40.9 Å². The fraction of sp³-hybridized carbons (Fsp3) is 0.200. The first-order valence-corrected chi connectivity index (χ1v) is 9.10. The summed E-state index contributed by atoms with van der Waals surface area (Å²) in [6.45, 7) is 1.47. The maximum Gasteiger partial charge on any atom is 0.443 e. The number of aliphatic hydroxyl groups is 1. The van der Waals surface area contributed by atoms with Crippen LogP contribution in [-0.2, 0) is 10.5 Å². The second-order valence-electron chi connectivity index (χ2n) is 6.63. The van der Waals surface area contributed by atoms with E-state index in [9.17, 15) is 27.9 Å². The van der Waals surface area contributed by atoms with Gasteiger partial charge in [0.2, 0.25) is 5.78 Å². The van der Waals surface area contributed by atoms with E-state index in [2.05, 4.69) is 15.5 Å². The molecule has 3 aromatic rings. The summed E-state index contributed by atoms with van der Waals surface area (Å²) in [6, 6.07) is 11.2. The van der Waals surface area contributed by atoms with Crippen molar-refractivity contribution in [2.24, 2.45) is 5.10 Å². The number of rotatable bonds is 4. The van der Waals surface area contributed by atoms with Crippen LogP contribution < -0.4 is 5.43 Å². The molecule has 0 aliphatic carbocycles. The Morgan fingerprint density at radius 2 is 1.90 bits per heavy atom. The van der Waals surface area contributed by atoms with Crippen molar-refractivity contribution >= 4 is 34.1 Å². The topological polar surface area (TPSA) is 106 Å². The molecular formula is C20H15F3N4O4. The van der Waals surface area contributed by atoms with Crippen molar-refractivity contribution in [3.63, 3.8) is 0 Å². The smallest absolute Gasteiger partial charge is 0.443 e. The van der Waals surface area contributed by atoms with Gasteiger partial charge in [-0.05, 0) is 17.7 Å². The Balaban J connectivity index is 1.87. The monoisotopic (exact) mass is 432 g/mol. The van der Waals surface area contributed by atoms with Crippen LogP contribution in [0, 0.1) is 0 Å². The SMILES string of the molecule is CCOC(=O)c1ncn2c1NN=C(C(=O)c1cccc3ccccc13)C2(O)C(F)(F)F. The molecule has 1 atom stereocenters. The molecule has 0 saturated heterocycles. The first-order valence-electron chi connectivity index (χ1n) is 9.10. The first kappa shape index (κ1) is 20.5. The highest BCUT2D eigenvalue weighted by atomic mass is 19.4. The highest BCUT2D eigenvalue weighted by Gasteiger charge is 2.63. The molecule has 2 aromatic carbocycles. The Morgan fingerprint density at radius 1 is 1.19 bits per heavy atom. The lowest BCUT2D eigenvalue weighted by Gasteiger charge is -2.35. The molecule has 0 bridgehead atoms. The number of nitrogens with zero attached hydrogens (tertiary/aromatic N) is 3. The van der Waals surface area contributed by atoms with Gasteiger partial charge in [-0.2, -0.15) is 18.3 Å². The molecule has 4 rings (SSSR count). The number of Topliss-reactive ketones (excluding diaryl/α,β-unsaturated/α-hetero) is 1. The van der Waals surface area contributed by atoms with Crippen molar-refractivity contribution in [3.05, 3.63) is 60.0 Å². The lowest BCUT2D eigenvalue weighted by molar-refractivity contribution is -0.264. The Morgan fingerprint density at radius 3 is 2.61 bits per heavy atom. The van der Waals surface area contributed by atoms with Gasteiger partial charge in [0.15, 0.2) is 17.2 Å². The first-order chi connectivity index (χ1) is 14.7. The number of aromatic nitrogens is 2. The minimum Gasteiger partial charge on any atom is -0.461 e. The predicted molar refractivity (Wildman–Crippen MR) is 104 cm³/mol. The Labute approximate surface area is 173 Å². The van der Waals surface area contributed by atoms with Gasteiger partial charge < -0.3 is 9.84 Å². The molecule has 1 aromatic heterocycles. The second kappa shape index (κ2) is 7.20. The summed E-state index contributed by atoms with van der Waals surface area (Å²) in [7, 11) is 0. The van der Waals surface area contributed by atoms with Crippen molar-refractivity contribution in [1.29, 1.82) is 0 Å². The fourth-order valence-corrected chi connectivity index (χ4v) is 3.38. The van der Waals surface area contributed by atoms with Gasteiger partial charge in [0.1, 0.15) is 6.33 Å². The quantitative estimate of drug-likeness (QED) is 0.485. The van der Waals surface area contributed by atoms with Gasteiger partial charge in [0.05, 0.1) is 6.61 Å². The Kier molecular flexibility index (Phi) is 4.77. The summed E-state index contributed by atoms with van der Waals surface area (Å²) in [6.07, 6.45) is -4.76. The van der Waals surface area contributed by atoms with Crippen molar-refractivity contribution < 1.29 is 32.6 Å². The van der Waals surface area contributed by atoms with E-state index in [1.165, 1.54) is 19.1 Å². The van der Waals surface area contributed by atoms with Crippen LogP contribution in [0.2, 0.25) is 0 Å². The van der Waals surface area contributed by atoms with Crippen LogP contribution in [-0.4, -0.2) is 44.9 Å². The van der Waals surface area contributed by atoms with Gasteiger partial charge in [0, 0.05) is 5.56 Å². The number of fused-ring (bicyclic) bond motifs is 2. The van der Waals surface area contributed by atoms with Gasteiger partial charge in [-0.1, -0.05) is 42.5 Å². The minimum absolute atomic E-state index is 0.0389. The van der Waals surface area contributed by atoms with Gasteiger partial charge in [-0.15, -0.1) is 0 Å². The molecule has 8 nitrogen and oxygen atoms in total. The third kappa shape index (κ3) is 3.05. The number of carbonyl (C=O) groups excluding carboxylic acids is 2. The van der Waals surface area contributed by atoms with Gasteiger partial charge >= 0.3 is 12.1 Å². The highest BCUT2D eigenvalue weighted by Crippen LogP contribution is 2.42. The summed E-state index contributed by atoms with van der Waals surface area (Å²) in [5.74, 6) is -2.69. The summed E-state index contributed by atoms with van der Waals surface area (Å²) in [5, 5.41) is 15.4. The molecule has 2 N–H and O–H groups in total. The van der Waals surface area contributed by atoms with E-state index in [-0.39, 0.29) is 16.7 Å². The van der Waals surface area contributed by atoms with Crippen molar-refractivity contribution in [1.82, 2.24) is 9.55 Å². The highest BCUT2D eigenvalue weighted by molar-refractivity contribution is 6.50. The normalized spacial score (nSPS) is 18.2. The minimum atomic E-state index is -5.37. The number of hydrogen-bond acceptors (Lipinski definition) is 7. The van der Waals surface area contributed by atoms with Gasteiger partial charge in [0.25, 0.3) is 5.72 Å². The molecule has 0 saturated carbocycles. The number of nitrogens with one attached hydrogen (secondary N) is 1. The molecule has 1 aliphatic heterocycles. The summed E-state index contributed by atoms with van der Waals surface area (Å²) < 4.78 is 47.4. The van der Waals surface area contributed by atoms with Crippen LogP contribution in [0.4, 0.5) is 19.0 Å². The molecule has 1 unspecified atom stereocenters. The van der Waals surface area contributed by atoms with E-state index in [0.717, 1.165) is 0 Å². The van der Waals surface area contributed by atoms with E-state index in [1.807, 2.05) is 0 Å². The van der Waals surface area contributed by atoms with Gasteiger partial charge in [-0.3, -0.25) is 14.8 Å². The number of alkyl halides is 3. The van der Waals surface area contributed by atoms with Crippen molar-refractivity contribution in [2.75, 3.05) is 12.0 Å². The molecule has 11 heteroatoms. The summed E-state index contributed by atoms with van der Waals surface area (Å²) >= 11 is 0. The number of anilines is 1. The Hall–Kier alpha value is -3.73. The molecule has 0 radical (unpaired) electrons. The predicted octanol–water partition coefficient (Wildman–Crippen LogP) is 3.08. The standard InChI is InChI=1S/C20H15F3N4O4/c1-2-31-18(29)14-17-26-25-16(19(30,20(21,22)23)27(17)10-24-14)15(28)13-9-5-7-11-6-3-4-8-12(11)13/h3-10,26,30H,2H2,1H3. The number of hydrogen-bond donors (Lipinski definition) is 2. The zero-order valence-electron chi connectivity index (χ0n) is 16.0. The largest absolute Gasteiger partial charge is 0.461 e. The third-order valence-electron chi connectivity index (χ3n) is 4.83. The number of ether oxygens (including phenoxy) is 1. The number of benzene rings is 2. The zero-order valence-corrected chi connectivity index (χ0v) is 16.0. The van der Waals surface area contributed by atoms with E-state index in [1.54, 1.807) is 30.3 Å². The van der Waals surface area contributed by atoms with Crippen LogP contribution in [0.5, 0.6) is 0 Å². The van der Waals surface area contributed by atoms with E-state index in [0.29, 0.717) is 17.1 Å². The number of carbonyl (C=O) groups is 2. The molecule has 1 aliphatic rings. The molecule has 0 spiro atoms. The average molecular weight is 432 g/mol. The molecule has 160 valence electrons. The maximum absolute atomic E-state index is 14.1. The Bertz CT molecular complexity index is 1230. The lowest BCUT2D eigenvalue weighted by Crippen LogP contribution is -2.58. The maximum atomic E-state index is 14.1. The van der Waals surface area contributed by atoms with E-state index >= 15 is 0 Å². The van der Waals surface area contributed by atoms with E-state index in [4.69, 9.17) is 4.74 Å². The fourth-order valence-electron chi connectivity index (χ4n) is 3.38. The molecule has 2 heterocycles. The molecule has 0 fully saturated rings. The van der Waals surface area contributed by atoms with Crippen LogP contribution in [0.15, 0.2) is 53.9 Å². The molecular weight excluding hydrogens is 417 g/mol. The average Bonchev–Trinajstić information content (AvgIpc) is 3.18. The molecule has 0 amide bonds. The van der Waals surface area contributed by atoms with Crippen molar-refractivity contribution in [2.45, 2.75) is 18.8 Å². The number of ketones is 1. The number of imidazole rings is 1. The molecule has 31 heavy (non-hydrogen) atoms. The number of hydrazone groups is 1. The summed E-state index contributed by atoms with van der Waals surface area (Å²) in [4.78, 5) is 28.8. The third-order valence-corrected chi connectivity index (χ3v) is 4.83. The zero-order chi connectivity index (χ0) is 22.4. The van der Waals surface area contributed by atoms with Crippen LogP contribution in [0.1, 0.15) is 27.8 Å². The summed E-state index contributed by atoms with van der Waals surface area (Å²) in [5.41, 5.74) is -3.42. The van der Waals surface area contributed by atoms with Crippen LogP contribution in [0.3, 0.4) is 0 Å². The van der Waals surface area contributed by atoms with Crippen LogP contribution in [0.25, 0.3) is 10.8 Å².